The van der Waals surface area contributed by atoms with Crippen LogP contribution in [0.4, 0.5) is 13.2 Å². The molecule has 4 aliphatic carbocycles. The molecule has 5 heteroatoms. The highest BCUT2D eigenvalue weighted by atomic mass is 19.4. The van der Waals surface area contributed by atoms with Gasteiger partial charge in [0.1, 0.15) is 0 Å². The molecule has 5 rings (SSSR count). The van der Waals surface area contributed by atoms with Crippen molar-refractivity contribution < 1.29 is 23.0 Å². The van der Waals surface area contributed by atoms with Crippen molar-refractivity contribution >= 4 is 0 Å². The Kier molecular flexibility index (Phi) is 4.46. The number of alkyl halides is 3. The summed E-state index contributed by atoms with van der Waals surface area (Å²) in [6, 6.07) is 0. The summed E-state index contributed by atoms with van der Waals surface area (Å²) >= 11 is 0. The van der Waals surface area contributed by atoms with Gasteiger partial charge in [0, 0.05) is 0 Å². The van der Waals surface area contributed by atoms with Gasteiger partial charge in [-0.3, -0.25) is 0 Å². The van der Waals surface area contributed by atoms with Crippen LogP contribution in [0.15, 0.2) is 0 Å². The Morgan fingerprint density at radius 2 is 1.68 bits per heavy atom. The van der Waals surface area contributed by atoms with Crippen LogP contribution in [0.25, 0.3) is 0 Å². The Balaban J connectivity index is 1.33. The SMILES string of the molecule is C[C@H](C1CO1)[C@H]1CC[C@H]2[C@@H]3CC[C@@H]4C[C@@](O)(C(F)(F)F)CC[C@@H]4[C@H]3CC[C@]12C. The zero-order valence-electron chi connectivity index (χ0n) is 17.2. The van der Waals surface area contributed by atoms with Gasteiger partial charge in [0.15, 0.2) is 5.60 Å². The second-order valence-corrected chi connectivity index (χ2v) is 11.2. The topological polar surface area (TPSA) is 32.8 Å². The third-order valence-electron chi connectivity index (χ3n) is 10.2. The maximum absolute atomic E-state index is 13.4. The van der Waals surface area contributed by atoms with E-state index in [9.17, 15) is 18.3 Å². The number of rotatable bonds is 2. The fourth-order valence-corrected chi connectivity index (χ4v) is 8.66. The molecule has 10 atom stereocenters. The first kappa shape index (κ1) is 19.7. The lowest BCUT2D eigenvalue weighted by Crippen LogP contribution is -2.55. The van der Waals surface area contributed by atoms with Crippen LogP contribution in [0.1, 0.15) is 71.6 Å². The predicted molar refractivity (Wildman–Crippen MR) is 101 cm³/mol. The number of halogens is 3. The van der Waals surface area contributed by atoms with E-state index < -0.39 is 11.8 Å². The molecular formula is C23H35F3O2. The molecule has 0 aromatic heterocycles. The van der Waals surface area contributed by atoms with Crippen LogP contribution in [0.2, 0.25) is 0 Å². The van der Waals surface area contributed by atoms with Crippen molar-refractivity contribution in [3.8, 4) is 0 Å². The molecule has 1 unspecified atom stereocenters. The van der Waals surface area contributed by atoms with Gasteiger partial charge in [-0.15, -0.1) is 0 Å². The van der Waals surface area contributed by atoms with Crippen LogP contribution < -0.4 is 0 Å². The molecule has 5 fully saturated rings. The van der Waals surface area contributed by atoms with Crippen LogP contribution in [-0.2, 0) is 4.74 Å². The van der Waals surface area contributed by atoms with E-state index in [1.54, 1.807) is 0 Å². The zero-order chi connectivity index (χ0) is 19.9. The molecular weight excluding hydrogens is 365 g/mol. The van der Waals surface area contributed by atoms with Crippen molar-refractivity contribution in [2.24, 2.45) is 46.8 Å². The summed E-state index contributed by atoms with van der Waals surface area (Å²) in [7, 11) is 0. The van der Waals surface area contributed by atoms with Crippen molar-refractivity contribution in [1.29, 1.82) is 0 Å². The number of hydrogen-bond donors (Lipinski definition) is 1. The van der Waals surface area contributed by atoms with Crippen molar-refractivity contribution in [2.75, 3.05) is 6.61 Å². The lowest BCUT2D eigenvalue weighted by Gasteiger charge is -2.57. The number of ether oxygens (including phenoxy) is 1. The van der Waals surface area contributed by atoms with Crippen molar-refractivity contribution in [3.05, 3.63) is 0 Å². The van der Waals surface area contributed by atoms with E-state index in [2.05, 4.69) is 13.8 Å². The second kappa shape index (κ2) is 6.35. The number of aliphatic hydroxyl groups is 1. The molecule has 0 amide bonds. The van der Waals surface area contributed by atoms with Gasteiger partial charge in [0.05, 0.1) is 12.7 Å². The predicted octanol–water partition coefficient (Wildman–Crippen LogP) is 5.58. The first-order chi connectivity index (χ1) is 13.1. The number of hydrogen-bond acceptors (Lipinski definition) is 2. The third kappa shape index (κ3) is 2.81. The average molecular weight is 401 g/mol. The van der Waals surface area contributed by atoms with E-state index in [0.29, 0.717) is 41.6 Å². The monoisotopic (exact) mass is 400 g/mol. The van der Waals surface area contributed by atoms with Gasteiger partial charge in [0.2, 0.25) is 0 Å². The Morgan fingerprint density at radius 3 is 2.36 bits per heavy atom. The largest absolute Gasteiger partial charge is 0.417 e. The van der Waals surface area contributed by atoms with E-state index in [1.807, 2.05) is 0 Å². The van der Waals surface area contributed by atoms with Crippen molar-refractivity contribution in [3.63, 3.8) is 0 Å². The molecule has 0 bridgehead atoms. The molecule has 5 aliphatic rings. The van der Waals surface area contributed by atoms with Gasteiger partial charge in [-0.1, -0.05) is 13.8 Å². The van der Waals surface area contributed by atoms with E-state index in [1.165, 1.54) is 25.7 Å². The van der Waals surface area contributed by atoms with Gasteiger partial charge in [-0.2, -0.15) is 13.2 Å². The minimum atomic E-state index is -4.49. The van der Waals surface area contributed by atoms with Crippen molar-refractivity contribution in [1.82, 2.24) is 0 Å². The van der Waals surface area contributed by atoms with Crippen LogP contribution in [0, 0.1) is 46.8 Å². The van der Waals surface area contributed by atoms with Crippen LogP contribution in [0.5, 0.6) is 0 Å². The summed E-state index contributed by atoms with van der Waals surface area (Å²) in [5.74, 6) is 3.85. The van der Waals surface area contributed by atoms with Crippen LogP contribution in [-0.4, -0.2) is 29.6 Å². The average Bonchev–Trinajstić information content (AvgIpc) is 3.41. The highest BCUT2D eigenvalue weighted by molar-refractivity contribution is 5.09. The molecule has 1 N–H and O–H groups in total. The molecule has 1 aliphatic heterocycles. The second-order valence-electron chi connectivity index (χ2n) is 11.2. The van der Waals surface area contributed by atoms with E-state index in [-0.39, 0.29) is 18.8 Å². The molecule has 2 nitrogen and oxygen atoms in total. The van der Waals surface area contributed by atoms with Gasteiger partial charge in [-0.25, -0.2) is 0 Å². The van der Waals surface area contributed by atoms with Crippen LogP contribution in [0.3, 0.4) is 0 Å². The van der Waals surface area contributed by atoms with Crippen LogP contribution >= 0.6 is 0 Å². The fourth-order valence-electron chi connectivity index (χ4n) is 8.66. The maximum Gasteiger partial charge on any atom is 0.417 e. The molecule has 0 spiro atoms. The standard InChI is InChI=1S/C23H35F3O2/c1-13(20-12-28-20)18-5-6-19-17-4-3-14-11-22(27,23(24,25)26)10-8-15(14)16(17)7-9-21(18,19)2/h13-20,27H,3-12H2,1-2H3/t13-,14+,15-,16+,17+,18+,19-,20?,21+,22+/m0/s1. The minimum absolute atomic E-state index is 0.0574. The Hall–Kier alpha value is -0.290. The molecule has 160 valence electrons. The van der Waals surface area contributed by atoms with Gasteiger partial charge in [0.25, 0.3) is 0 Å². The lowest BCUT2D eigenvalue weighted by atomic mass is 9.48. The third-order valence-corrected chi connectivity index (χ3v) is 10.2. The smallest absolute Gasteiger partial charge is 0.380 e. The molecule has 0 radical (unpaired) electrons. The Bertz CT molecular complexity index is 617. The summed E-state index contributed by atoms with van der Waals surface area (Å²) in [5, 5.41) is 10.3. The van der Waals surface area contributed by atoms with E-state index in [0.717, 1.165) is 31.3 Å². The van der Waals surface area contributed by atoms with Crippen molar-refractivity contribution in [2.45, 2.75) is 89.5 Å². The highest BCUT2D eigenvalue weighted by Crippen LogP contribution is 2.66. The minimum Gasteiger partial charge on any atom is -0.380 e. The lowest BCUT2D eigenvalue weighted by molar-refractivity contribution is -0.282. The zero-order valence-corrected chi connectivity index (χ0v) is 17.2. The maximum atomic E-state index is 13.4. The molecule has 4 saturated carbocycles. The van der Waals surface area contributed by atoms with Gasteiger partial charge in [-0.05, 0) is 105 Å². The van der Waals surface area contributed by atoms with E-state index in [4.69, 9.17) is 4.74 Å². The first-order valence-electron chi connectivity index (χ1n) is 11.5. The van der Waals surface area contributed by atoms with Gasteiger partial charge < -0.3 is 9.84 Å². The highest BCUT2D eigenvalue weighted by Gasteiger charge is 2.62. The summed E-state index contributed by atoms with van der Waals surface area (Å²) in [6.45, 7) is 5.81. The quantitative estimate of drug-likeness (QED) is 0.614. The fraction of sp³-hybridized carbons (Fsp3) is 1.00. The number of fused-ring (bicyclic) bond motifs is 5. The molecule has 0 aromatic carbocycles. The van der Waals surface area contributed by atoms with E-state index >= 15 is 0 Å². The summed E-state index contributed by atoms with van der Waals surface area (Å²) < 4.78 is 45.7. The summed E-state index contributed by atoms with van der Waals surface area (Å²) in [6.07, 6.45) is 3.33. The normalized spacial score (nSPS) is 54.4. The molecule has 28 heavy (non-hydrogen) atoms. The van der Waals surface area contributed by atoms with Gasteiger partial charge >= 0.3 is 6.18 Å². The summed E-state index contributed by atoms with van der Waals surface area (Å²) in [4.78, 5) is 0. The molecule has 1 saturated heterocycles. The Morgan fingerprint density at radius 1 is 0.964 bits per heavy atom. The molecule has 1 heterocycles. The first-order valence-corrected chi connectivity index (χ1v) is 11.5. The molecule has 0 aromatic rings. The number of epoxide rings is 1. The summed E-state index contributed by atoms with van der Waals surface area (Å²) in [5.41, 5.74) is -2.05. The Labute approximate surface area is 166 Å².